The highest BCUT2D eigenvalue weighted by molar-refractivity contribution is 5.89. The lowest BCUT2D eigenvalue weighted by Crippen LogP contribution is -2.65. The van der Waals surface area contributed by atoms with Crippen LogP contribution in [0.4, 0.5) is 5.69 Å². The number of allylic oxidation sites excluding steroid dienone is 2. The van der Waals surface area contributed by atoms with E-state index in [4.69, 9.17) is 14.2 Å². The Morgan fingerprint density at radius 1 is 0.854 bits per heavy atom. The maximum atomic E-state index is 15.9. The van der Waals surface area contributed by atoms with Crippen molar-refractivity contribution >= 4 is 23.4 Å². The number of hydrogen-bond donors (Lipinski definition) is 8. The normalized spacial score (nSPS) is 33.8. The summed E-state index contributed by atoms with van der Waals surface area (Å²) in [6.07, 6.45) is 14.1. The first-order valence-electron chi connectivity index (χ1n) is 31.0. The summed E-state index contributed by atoms with van der Waals surface area (Å²) in [4.78, 5) is 44.3. The zero-order valence-corrected chi connectivity index (χ0v) is 47.8. The van der Waals surface area contributed by atoms with Gasteiger partial charge in [0.2, 0.25) is 0 Å². The number of nitrogens with one attached hydrogen (secondary N) is 2. The molecule has 0 unspecified atom stereocenters. The molecule has 6 aliphatic carbocycles. The van der Waals surface area contributed by atoms with E-state index in [0.717, 1.165) is 74.5 Å². The average molecular weight is 1120 g/mol. The number of aromatic hydroxyl groups is 1. The van der Waals surface area contributed by atoms with Gasteiger partial charge < -0.3 is 55.5 Å². The molecule has 4 saturated carbocycles. The lowest BCUT2D eigenvalue weighted by atomic mass is 9.49. The smallest absolute Gasteiger partial charge is 0.334 e. The Hall–Kier alpha value is -5.37. The summed E-state index contributed by atoms with van der Waals surface area (Å²) in [7, 11) is 1.82. The number of ketones is 1. The molecule has 3 heterocycles. The first kappa shape index (κ1) is 57.1. The predicted molar refractivity (Wildman–Crippen MR) is 309 cm³/mol. The van der Waals surface area contributed by atoms with Crippen molar-refractivity contribution in [2.75, 3.05) is 25.5 Å². The summed E-state index contributed by atoms with van der Waals surface area (Å²) in [6.45, 7) is 1.48. The summed E-state index contributed by atoms with van der Waals surface area (Å²) in [5.74, 6) is 3.06. The minimum atomic E-state index is -1.68. The molecule has 14 nitrogen and oxygen atoms in total. The van der Waals surface area contributed by atoms with Crippen LogP contribution in [0, 0.1) is 41.4 Å². The van der Waals surface area contributed by atoms with Crippen molar-refractivity contribution in [3.63, 3.8) is 0 Å². The third-order valence-electron chi connectivity index (χ3n) is 21.0. The topological polar surface area (TPSA) is 224 Å². The summed E-state index contributed by atoms with van der Waals surface area (Å²) in [6, 6.07) is 13.4. The lowest BCUT2D eigenvalue weighted by Gasteiger charge is -2.58. The second-order valence-electron chi connectivity index (χ2n) is 26.2. The van der Waals surface area contributed by atoms with Crippen LogP contribution < -0.4 is 15.4 Å². The van der Waals surface area contributed by atoms with Gasteiger partial charge in [0.25, 0.3) is 0 Å². The van der Waals surface area contributed by atoms with E-state index in [2.05, 4.69) is 34.6 Å². The molecule has 3 aromatic rings. The van der Waals surface area contributed by atoms with Crippen LogP contribution in [0.25, 0.3) is 0 Å². The molecule has 14 atom stereocenters. The minimum absolute atomic E-state index is 0.0285. The molecule has 3 aromatic carbocycles. The van der Waals surface area contributed by atoms with E-state index < -0.39 is 71.2 Å². The van der Waals surface area contributed by atoms with Crippen LogP contribution in [-0.4, -0.2) is 110 Å². The number of fused-ring (bicyclic) bond motifs is 10. The second-order valence-corrected chi connectivity index (χ2v) is 26.2. The van der Waals surface area contributed by atoms with E-state index in [-0.39, 0.29) is 98.2 Å². The van der Waals surface area contributed by atoms with Gasteiger partial charge in [-0.05, 0) is 172 Å². The van der Waals surface area contributed by atoms with Crippen molar-refractivity contribution in [3.05, 3.63) is 111 Å². The number of rotatable bonds is 10. The van der Waals surface area contributed by atoms with Gasteiger partial charge in [-0.1, -0.05) is 86.4 Å². The Morgan fingerprint density at radius 3 is 2.41 bits per heavy atom. The first-order chi connectivity index (χ1) is 39.6. The monoisotopic (exact) mass is 1120 g/mol. The minimum Gasteiger partial charge on any atom is -0.507 e. The van der Waals surface area contributed by atoms with Gasteiger partial charge in [0.15, 0.2) is 0 Å². The molecule has 9 aliphatic rings. The Morgan fingerprint density at radius 2 is 1.62 bits per heavy atom. The van der Waals surface area contributed by atoms with Crippen molar-refractivity contribution in [3.8, 4) is 23.3 Å². The maximum Gasteiger partial charge on any atom is 0.334 e. The Kier molecular flexibility index (Phi) is 16.4. The van der Waals surface area contributed by atoms with Crippen molar-refractivity contribution in [1.82, 2.24) is 5.32 Å². The zero-order chi connectivity index (χ0) is 57.0. The van der Waals surface area contributed by atoms with Crippen LogP contribution in [0.5, 0.6) is 11.5 Å². The lowest BCUT2D eigenvalue weighted by molar-refractivity contribution is -0.221. The number of likely N-dealkylation sites (N-methyl/N-ethyl adjacent to an activating group) is 1. The third kappa shape index (κ3) is 11.1. The Bertz CT molecular complexity index is 3050. The fourth-order valence-electron chi connectivity index (χ4n) is 16.5. The van der Waals surface area contributed by atoms with Crippen molar-refractivity contribution in [2.45, 2.75) is 207 Å². The van der Waals surface area contributed by atoms with Crippen molar-refractivity contribution in [1.29, 1.82) is 0 Å². The SMILES string of the molecule is CN[C@@H]1CCc2c(NC[C@@](C)(O)[C@H](O)COC3CCCC3)cc([C@@H]3C#C[C@@H]4CC(=O)Oc5c4cc(c(O)c5C4CCCCC4)C[C@H]4OC(=O)/C(=C\[C@H](O)Cc5cccc(c5)C[C@@H]5C(=O)CC[C@@H]6[C@H]5C[C@@H]5C=CCC[C@@H]5[C@]64O)C3)cc2[C@@H]1O. The maximum absolute atomic E-state index is 15.9. The van der Waals surface area contributed by atoms with Crippen LogP contribution in [0.15, 0.2) is 66.3 Å². The second kappa shape index (κ2) is 23.6. The van der Waals surface area contributed by atoms with Crippen LogP contribution in [0.3, 0.4) is 0 Å². The summed E-state index contributed by atoms with van der Waals surface area (Å²) >= 11 is 0. The zero-order valence-electron chi connectivity index (χ0n) is 47.8. The number of anilines is 1. The van der Waals surface area contributed by atoms with Crippen LogP contribution in [0.2, 0.25) is 0 Å². The van der Waals surface area contributed by atoms with Gasteiger partial charge in [0.1, 0.15) is 40.7 Å². The van der Waals surface area contributed by atoms with Gasteiger partial charge in [-0.3, -0.25) is 9.59 Å². The largest absolute Gasteiger partial charge is 0.507 e. The molecular weight excluding hydrogens is 1040 g/mol. The Labute approximate surface area is 482 Å². The number of carbonyl (C=O) groups is 3. The molecule has 0 aromatic heterocycles. The fraction of sp³-hybridized carbons (Fsp3) is 0.603. The summed E-state index contributed by atoms with van der Waals surface area (Å²) in [5.41, 5.74) is 2.97. The number of Topliss-reactive ketones (excluding diaryl/α,β-unsaturated/α-hetero) is 1. The fourth-order valence-corrected chi connectivity index (χ4v) is 16.5. The van der Waals surface area contributed by atoms with Gasteiger partial charge in [-0.2, -0.15) is 0 Å². The van der Waals surface area contributed by atoms with E-state index in [0.29, 0.717) is 84.2 Å². The van der Waals surface area contributed by atoms with E-state index in [1.807, 2.05) is 49.5 Å². The quantitative estimate of drug-likeness (QED) is 0.0413. The van der Waals surface area contributed by atoms with Gasteiger partial charge in [-0.15, -0.1) is 0 Å². The van der Waals surface area contributed by atoms with E-state index in [1.165, 1.54) is 0 Å². The number of aliphatic hydroxyl groups is 5. The number of carbonyl (C=O) groups excluding carboxylic acids is 3. The molecule has 0 amide bonds. The standard InChI is InChI=1S/C68H84N2O12/c1-67(78,59(73)36-80-48-16-7-8-17-48)37-70-57-33-44(31-53-49(57)21-23-56(69-2)64(53)76)41-19-20-42-35-61(74)82-65-50(42)32-45(63(75)62(65)40-13-4-3-5-14-40)34-60-68(79)54-18-9-6-15-43(54)30-51-52(58(72)24-22-55(51)68)27-39-12-10-11-38(25-39)26-47(71)29-46(28-41)66(77)81-60/h6,10-12,15,25,29,31-33,40-43,47-48,51-52,54-56,59-60,64,69-71,73,75-76,78-79H,3-5,7-9,13-14,16-18,21-24,26-28,30,34-37H2,1-2H3/b46-29-/t41-,42-,43+,47-,51+,52+,54+,55-,56-,59-,60-,64+,67-,68+/m1/s1. The Balaban J connectivity index is 1.04. The molecule has 82 heavy (non-hydrogen) atoms. The van der Waals surface area contributed by atoms with Crippen LogP contribution >= 0.6 is 0 Å². The van der Waals surface area contributed by atoms with Gasteiger partial charge in [0, 0.05) is 66.1 Å². The molecule has 0 spiro atoms. The number of phenolic OH excluding ortho intramolecular Hbond substituents is 1. The number of phenols is 1. The molecule has 14 heteroatoms. The number of esters is 2. The van der Waals surface area contributed by atoms with Crippen molar-refractivity contribution < 1.29 is 59.2 Å². The number of benzene rings is 3. The molecular formula is C68H84N2O12. The molecule has 438 valence electrons. The number of hydrogen-bond acceptors (Lipinski definition) is 14. The van der Waals surface area contributed by atoms with E-state index in [9.17, 15) is 40.2 Å². The highest BCUT2D eigenvalue weighted by Gasteiger charge is 2.62. The molecule has 0 radical (unpaired) electrons. The van der Waals surface area contributed by atoms with E-state index in [1.54, 1.807) is 13.0 Å². The first-order valence-corrected chi connectivity index (χ1v) is 31.0. The summed E-state index contributed by atoms with van der Waals surface area (Å²) < 4.78 is 19.3. The average Bonchev–Trinajstić information content (AvgIpc) is 2.01. The van der Waals surface area contributed by atoms with Crippen molar-refractivity contribution in [2.24, 2.45) is 29.6 Å². The highest BCUT2D eigenvalue weighted by Crippen LogP contribution is 2.59. The number of aliphatic hydroxyl groups excluding tert-OH is 3. The molecule has 3 aliphatic heterocycles. The predicted octanol–water partition coefficient (Wildman–Crippen LogP) is 8.54. The van der Waals surface area contributed by atoms with Crippen LogP contribution in [-0.2, 0) is 49.5 Å². The summed E-state index contributed by atoms with van der Waals surface area (Å²) in [5, 5.41) is 81.7. The number of ether oxygens (including phenoxy) is 3. The van der Waals surface area contributed by atoms with Gasteiger partial charge in [0.05, 0.1) is 37.3 Å². The molecule has 4 fully saturated rings. The molecule has 10 bridgehead atoms. The third-order valence-corrected chi connectivity index (χ3v) is 21.0. The molecule has 12 rings (SSSR count). The van der Waals surface area contributed by atoms with Gasteiger partial charge in [-0.25, -0.2) is 4.79 Å². The van der Waals surface area contributed by atoms with Crippen LogP contribution in [0.1, 0.15) is 184 Å². The van der Waals surface area contributed by atoms with E-state index >= 15 is 4.79 Å². The van der Waals surface area contributed by atoms with Gasteiger partial charge >= 0.3 is 11.9 Å². The highest BCUT2D eigenvalue weighted by atomic mass is 16.6. The molecule has 8 N–H and O–H groups in total. The molecule has 0 saturated heterocycles.